The molecule has 0 unspecified atom stereocenters. The van der Waals surface area contributed by atoms with Crippen LogP contribution in [0.15, 0.2) is 0 Å². The van der Waals surface area contributed by atoms with Crippen molar-refractivity contribution in [3.05, 3.63) is 0 Å². The van der Waals surface area contributed by atoms with Crippen LogP contribution in [0.5, 0.6) is 0 Å². The summed E-state index contributed by atoms with van der Waals surface area (Å²) in [5, 5.41) is 0. The SMILES string of the molecule is CCCC[CH2][Sn]([CH3])([CH3])[CH2]CCC. The molecule has 0 saturated carbocycles. The number of hydrogen-bond donors (Lipinski definition) is 0. The molecule has 0 bridgehead atoms. The molecule has 0 spiro atoms. The van der Waals surface area contributed by atoms with Crippen molar-refractivity contribution in [2.75, 3.05) is 0 Å². The van der Waals surface area contributed by atoms with Gasteiger partial charge in [-0.15, -0.1) is 0 Å². The van der Waals surface area contributed by atoms with Crippen LogP contribution in [0.1, 0.15) is 46.0 Å². The van der Waals surface area contributed by atoms with Gasteiger partial charge >= 0.3 is 83.1 Å². The molecule has 0 radical (unpaired) electrons. The van der Waals surface area contributed by atoms with Crippen molar-refractivity contribution in [1.29, 1.82) is 0 Å². The van der Waals surface area contributed by atoms with Crippen molar-refractivity contribution in [3.63, 3.8) is 0 Å². The minimum atomic E-state index is -1.46. The van der Waals surface area contributed by atoms with E-state index in [4.69, 9.17) is 0 Å². The molecule has 0 aromatic carbocycles. The van der Waals surface area contributed by atoms with Crippen molar-refractivity contribution in [3.8, 4) is 0 Å². The van der Waals surface area contributed by atoms with Gasteiger partial charge in [-0.2, -0.15) is 0 Å². The van der Waals surface area contributed by atoms with E-state index < -0.39 is 18.4 Å². The first-order chi connectivity index (χ1) is 5.62. The topological polar surface area (TPSA) is 0 Å². The van der Waals surface area contributed by atoms with Gasteiger partial charge in [0.15, 0.2) is 0 Å². The Hall–Kier alpha value is 0.799. The normalized spacial score (nSPS) is 12.0. The summed E-state index contributed by atoms with van der Waals surface area (Å²) in [5.74, 6) is 0. The molecule has 1 heteroatoms. The molecule has 0 N–H and O–H groups in total. The van der Waals surface area contributed by atoms with Crippen LogP contribution in [0.25, 0.3) is 0 Å². The van der Waals surface area contributed by atoms with E-state index in [1.54, 1.807) is 8.87 Å². The molecule has 0 aromatic heterocycles. The van der Waals surface area contributed by atoms with Gasteiger partial charge in [0.05, 0.1) is 0 Å². The Morgan fingerprint density at radius 2 is 1.25 bits per heavy atom. The van der Waals surface area contributed by atoms with Gasteiger partial charge in [0.25, 0.3) is 0 Å². The van der Waals surface area contributed by atoms with Gasteiger partial charge < -0.3 is 0 Å². The molecule has 0 aliphatic heterocycles. The Morgan fingerprint density at radius 1 is 0.750 bits per heavy atom. The molecule has 0 saturated heterocycles. The molecule has 74 valence electrons. The van der Waals surface area contributed by atoms with Crippen molar-refractivity contribution in [1.82, 2.24) is 0 Å². The van der Waals surface area contributed by atoms with Crippen LogP contribution in [0.3, 0.4) is 0 Å². The molecule has 0 nitrogen and oxygen atoms in total. The summed E-state index contributed by atoms with van der Waals surface area (Å²) in [4.78, 5) is 5.25. The Bertz CT molecular complexity index is 97.2. The van der Waals surface area contributed by atoms with E-state index in [9.17, 15) is 0 Å². The summed E-state index contributed by atoms with van der Waals surface area (Å²) in [6.07, 6.45) is 7.26. The second kappa shape index (κ2) is 7.23. The first kappa shape index (κ1) is 12.8. The van der Waals surface area contributed by atoms with Crippen molar-refractivity contribution >= 4 is 18.4 Å². The van der Waals surface area contributed by atoms with Crippen LogP contribution in [0, 0.1) is 0 Å². The standard InChI is InChI=1S/C5H11.C4H9.2CH3.Sn/c1-3-5-4-2;1-3-4-2;;;/h1,3-5H2,2H3;1,3-4H2,2H3;2*1H3;. The summed E-state index contributed by atoms with van der Waals surface area (Å²) in [6, 6.07) is 0. The van der Waals surface area contributed by atoms with Crippen LogP contribution in [-0.2, 0) is 0 Å². The second-order valence-electron chi connectivity index (χ2n) is 4.72. The predicted molar refractivity (Wildman–Crippen MR) is 61.5 cm³/mol. The van der Waals surface area contributed by atoms with Crippen LogP contribution < -0.4 is 0 Å². The van der Waals surface area contributed by atoms with Crippen LogP contribution in [-0.4, -0.2) is 18.4 Å². The minimum absolute atomic E-state index is 1.38. The summed E-state index contributed by atoms with van der Waals surface area (Å²) in [6.45, 7) is 4.61. The number of hydrogen-bond acceptors (Lipinski definition) is 0. The molecule has 0 heterocycles. The van der Waals surface area contributed by atoms with Crippen LogP contribution in [0.2, 0.25) is 18.8 Å². The van der Waals surface area contributed by atoms with Crippen LogP contribution in [0.4, 0.5) is 0 Å². The fourth-order valence-corrected chi connectivity index (χ4v) is 9.53. The van der Waals surface area contributed by atoms with Gasteiger partial charge in [-0.1, -0.05) is 0 Å². The molecule has 0 aliphatic rings. The van der Waals surface area contributed by atoms with E-state index in [0.29, 0.717) is 0 Å². The third-order valence-electron chi connectivity index (χ3n) is 2.66. The molecule has 0 fully saturated rings. The van der Waals surface area contributed by atoms with E-state index in [1.807, 2.05) is 0 Å². The Balaban J connectivity index is 3.42. The fraction of sp³-hybridized carbons (Fsp3) is 1.00. The van der Waals surface area contributed by atoms with Crippen molar-refractivity contribution in [2.45, 2.75) is 64.7 Å². The molecular weight excluding hydrogens is 251 g/mol. The zero-order valence-electron chi connectivity index (χ0n) is 9.45. The molecule has 0 aromatic rings. The predicted octanol–water partition coefficient (Wildman–Crippen LogP) is 4.69. The summed E-state index contributed by atoms with van der Waals surface area (Å²) >= 11 is -1.46. The maximum atomic E-state index is 2.62. The molecular formula is C11H26Sn. The summed E-state index contributed by atoms with van der Waals surface area (Å²) in [7, 11) is 0. The van der Waals surface area contributed by atoms with Crippen LogP contribution >= 0.6 is 0 Å². The van der Waals surface area contributed by atoms with E-state index in [2.05, 4.69) is 23.7 Å². The zero-order valence-corrected chi connectivity index (χ0v) is 12.3. The maximum absolute atomic E-state index is 2.62. The third-order valence-corrected chi connectivity index (χ3v) is 12.4. The van der Waals surface area contributed by atoms with E-state index in [0.717, 1.165) is 0 Å². The van der Waals surface area contributed by atoms with Crippen molar-refractivity contribution in [2.24, 2.45) is 0 Å². The van der Waals surface area contributed by atoms with Gasteiger partial charge in [0.2, 0.25) is 0 Å². The van der Waals surface area contributed by atoms with Crippen molar-refractivity contribution < 1.29 is 0 Å². The first-order valence-corrected chi connectivity index (χ1v) is 15.4. The van der Waals surface area contributed by atoms with Gasteiger partial charge in [-0.25, -0.2) is 0 Å². The summed E-state index contributed by atoms with van der Waals surface area (Å²) < 4.78 is 3.25. The first-order valence-electron chi connectivity index (χ1n) is 5.62. The average Bonchev–Trinajstić information content (AvgIpc) is 2.01. The van der Waals surface area contributed by atoms with Gasteiger partial charge in [-0.3, -0.25) is 0 Å². The Kier molecular flexibility index (Phi) is 7.71. The fourth-order valence-electron chi connectivity index (χ4n) is 1.63. The zero-order chi connectivity index (χ0) is 9.45. The summed E-state index contributed by atoms with van der Waals surface area (Å²) in [5.41, 5.74) is 0. The van der Waals surface area contributed by atoms with E-state index >= 15 is 0 Å². The average molecular weight is 277 g/mol. The molecule has 12 heavy (non-hydrogen) atoms. The quantitative estimate of drug-likeness (QED) is 0.468. The molecule has 0 aliphatic carbocycles. The van der Waals surface area contributed by atoms with E-state index in [-0.39, 0.29) is 0 Å². The molecule has 0 amide bonds. The van der Waals surface area contributed by atoms with E-state index in [1.165, 1.54) is 32.1 Å². The molecule has 0 rings (SSSR count). The van der Waals surface area contributed by atoms with Gasteiger partial charge in [0.1, 0.15) is 0 Å². The number of rotatable bonds is 7. The molecule has 0 atom stereocenters. The Morgan fingerprint density at radius 3 is 1.75 bits per heavy atom. The monoisotopic (exact) mass is 278 g/mol. The Labute approximate surface area is 83.0 Å². The second-order valence-corrected chi connectivity index (χ2v) is 19.9. The van der Waals surface area contributed by atoms with Gasteiger partial charge in [0, 0.05) is 0 Å². The van der Waals surface area contributed by atoms with Gasteiger partial charge in [-0.05, 0) is 0 Å². The third kappa shape index (κ3) is 7.45. The number of unbranched alkanes of at least 4 members (excludes halogenated alkanes) is 3.